The van der Waals surface area contributed by atoms with Gasteiger partial charge in [0.15, 0.2) is 0 Å². The van der Waals surface area contributed by atoms with Gasteiger partial charge in [-0.15, -0.1) is 0 Å². The normalized spacial score (nSPS) is 29.7. The topological polar surface area (TPSA) is 26.3 Å². The minimum absolute atomic E-state index is 0.180. The summed E-state index contributed by atoms with van der Waals surface area (Å²) in [6.07, 6.45) is 12.1. The van der Waals surface area contributed by atoms with Gasteiger partial charge in [0.25, 0.3) is 0 Å². The van der Waals surface area contributed by atoms with Gasteiger partial charge in [-0.1, -0.05) is 44.9 Å². The number of ether oxygens (including phenoxy) is 1. The fourth-order valence-electron chi connectivity index (χ4n) is 4.90. The Morgan fingerprint density at radius 2 is 1.35 bits per heavy atom. The Balaban J connectivity index is 1.55. The minimum Gasteiger partial charge on any atom is -0.458 e. The largest absolute Gasteiger partial charge is 0.458 e. The molecule has 0 aromatic heterocycles. The maximum atomic E-state index is 12.3. The number of unbranched alkanes of at least 4 members (excludes halogenated alkanes) is 4. The van der Waals surface area contributed by atoms with E-state index in [1.165, 1.54) is 51.4 Å². The highest BCUT2D eigenvalue weighted by Crippen LogP contribution is 2.41. The molecule has 2 fully saturated rings. The van der Waals surface area contributed by atoms with Crippen molar-refractivity contribution in [2.75, 3.05) is 6.67 Å². The highest BCUT2D eigenvalue weighted by Gasteiger charge is 2.32. The minimum atomic E-state index is -3.01. The molecule has 0 aromatic rings. The third-order valence-electron chi connectivity index (χ3n) is 6.48. The summed E-state index contributed by atoms with van der Waals surface area (Å²) in [5.41, 5.74) is 0. The van der Waals surface area contributed by atoms with Crippen LogP contribution in [-0.4, -0.2) is 25.2 Å². The fraction of sp³-hybridized carbons (Fsp3) is 0.952. The molecule has 152 valence electrons. The zero-order chi connectivity index (χ0) is 18.8. The van der Waals surface area contributed by atoms with Gasteiger partial charge in [0, 0.05) is 0 Å². The smallest absolute Gasteiger partial charge is 0.374 e. The molecule has 0 amide bonds. The van der Waals surface area contributed by atoms with Crippen LogP contribution in [0.2, 0.25) is 0 Å². The van der Waals surface area contributed by atoms with Crippen molar-refractivity contribution in [3.63, 3.8) is 0 Å². The SMILES string of the molecule is O=C(OC1CCC(C2CCC(CCCCCCCF)CC2)CC1)C(F)F. The van der Waals surface area contributed by atoms with Gasteiger partial charge in [-0.3, -0.25) is 4.39 Å². The summed E-state index contributed by atoms with van der Waals surface area (Å²) in [4.78, 5) is 11.0. The molecule has 0 saturated heterocycles. The molecule has 0 unspecified atom stereocenters. The zero-order valence-electron chi connectivity index (χ0n) is 15.9. The summed E-state index contributed by atoms with van der Waals surface area (Å²) in [6, 6.07) is 0. The maximum Gasteiger partial charge on any atom is 0.374 e. The van der Waals surface area contributed by atoms with Crippen LogP contribution in [0, 0.1) is 17.8 Å². The molecule has 0 spiro atoms. The summed E-state index contributed by atoms with van der Waals surface area (Å²) in [7, 11) is 0. The zero-order valence-corrected chi connectivity index (χ0v) is 15.9. The Kier molecular flexibility index (Phi) is 9.84. The summed E-state index contributed by atoms with van der Waals surface area (Å²) in [5, 5.41) is 0. The number of alkyl halides is 3. The molecule has 0 bridgehead atoms. The Bertz CT molecular complexity index is 387. The first-order chi connectivity index (χ1) is 12.6. The lowest BCUT2D eigenvalue weighted by molar-refractivity contribution is -0.164. The van der Waals surface area contributed by atoms with E-state index < -0.39 is 12.4 Å². The van der Waals surface area contributed by atoms with Crippen molar-refractivity contribution < 1.29 is 22.7 Å². The Morgan fingerprint density at radius 1 is 0.808 bits per heavy atom. The summed E-state index contributed by atoms with van der Waals surface area (Å²) in [6.45, 7) is -0.180. The molecule has 26 heavy (non-hydrogen) atoms. The van der Waals surface area contributed by atoms with E-state index in [4.69, 9.17) is 4.74 Å². The van der Waals surface area contributed by atoms with Gasteiger partial charge in [-0.2, -0.15) is 8.78 Å². The molecule has 5 heteroatoms. The molecule has 0 aliphatic heterocycles. The van der Waals surface area contributed by atoms with Gasteiger partial charge in [0.2, 0.25) is 0 Å². The van der Waals surface area contributed by atoms with E-state index in [0.29, 0.717) is 12.3 Å². The van der Waals surface area contributed by atoms with Crippen LogP contribution in [0.4, 0.5) is 13.2 Å². The lowest BCUT2D eigenvalue weighted by Gasteiger charge is -2.37. The molecule has 2 aliphatic carbocycles. The number of hydrogen-bond acceptors (Lipinski definition) is 2. The second kappa shape index (κ2) is 11.9. The predicted octanol–water partition coefficient (Wildman–Crippen LogP) is 6.47. The van der Waals surface area contributed by atoms with Crippen LogP contribution in [0.1, 0.15) is 89.9 Å². The predicted molar refractivity (Wildman–Crippen MR) is 97.0 cm³/mol. The number of carbonyl (C=O) groups excluding carboxylic acids is 1. The molecule has 0 radical (unpaired) electrons. The molecule has 2 saturated carbocycles. The van der Waals surface area contributed by atoms with Crippen molar-refractivity contribution in [1.29, 1.82) is 0 Å². The molecule has 2 rings (SSSR count). The van der Waals surface area contributed by atoms with Gasteiger partial charge < -0.3 is 4.74 Å². The monoisotopic (exact) mass is 376 g/mol. The fourth-order valence-corrected chi connectivity index (χ4v) is 4.90. The van der Waals surface area contributed by atoms with Crippen LogP contribution >= 0.6 is 0 Å². The van der Waals surface area contributed by atoms with Crippen LogP contribution < -0.4 is 0 Å². The molecule has 0 aromatic carbocycles. The van der Waals surface area contributed by atoms with Crippen molar-refractivity contribution in [2.45, 2.75) is 102 Å². The lowest BCUT2D eigenvalue weighted by atomic mass is 9.70. The van der Waals surface area contributed by atoms with Crippen molar-refractivity contribution in [3.05, 3.63) is 0 Å². The first-order valence-corrected chi connectivity index (χ1v) is 10.6. The number of carbonyl (C=O) groups is 1. The molecule has 0 N–H and O–H groups in total. The highest BCUT2D eigenvalue weighted by molar-refractivity contribution is 5.72. The van der Waals surface area contributed by atoms with Crippen molar-refractivity contribution in [3.8, 4) is 0 Å². The summed E-state index contributed by atoms with van der Waals surface area (Å²) >= 11 is 0. The first-order valence-electron chi connectivity index (χ1n) is 10.6. The number of hydrogen-bond donors (Lipinski definition) is 0. The van der Waals surface area contributed by atoms with Crippen LogP contribution in [0.5, 0.6) is 0 Å². The number of halogens is 3. The lowest BCUT2D eigenvalue weighted by Crippen LogP contribution is -2.31. The summed E-state index contributed by atoms with van der Waals surface area (Å²) < 4.78 is 41.4. The maximum absolute atomic E-state index is 12.3. The van der Waals surface area contributed by atoms with Gasteiger partial charge >= 0.3 is 12.4 Å². The van der Waals surface area contributed by atoms with Gasteiger partial charge in [-0.25, -0.2) is 4.79 Å². The van der Waals surface area contributed by atoms with Crippen LogP contribution in [0.15, 0.2) is 0 Å². The third-order valence-corrected chi connectivity index (χ3v) is 6.48. The van der Waals surface area contributed by atoms with E-state index in [9.17, 15) is 18.0 Å². The van der Waals surface area contributed by atoms with Gasteiger partial charge in [0.05, 0.1) is 6.67 Å². The number of esters is 1. The van der Waals surface area contributed by atoms with E-state index in [0.717, 1.165) is 43.9 Å². The quantitative estimate of drug-likeness (QED) is 0.323. The summed E-state index contributed by atoms with van der Waals surface area (Å²) in [5.74, 6) is 0.940. The second-order valence-electron chi connectivity index (χ2n) is 8.30. The highest BCUT2D eigenvalue weighted by atomic mass is 19.3. The molecular weight excluding hydrogens is 341 g/mol. The Labute approximate surface area is 156 Å². The third kappa shape index (κ3) is 7.48. The molecule has 2 nitrogen and oxygen atoms in total. The van der Waals surface area contributed by atoms with Crippen molar-refractivity contribution in [2.24, 2.45) is 17.8 Å². The molecule has 0 heterocycles. The average molecular weight is 377 g/mol. The van der Waals surface area contributed by atoms with Crippen molar-refractivity contribution in [1.82, 2.24) is 0 Å². The second-order valence-corrected chi connectivity index (χ2v) is 8.30. The van der Waals surface area contributed by atoms with E-state index in [2.05, 4.69) is 0 Å². The molecular formula is C21H35F3O2. The molecule has 0 atom stereocenters. The van der Waals surface area contributed by atoms with Crippen LogP contribution in [0.25, 0.3) is 0 Å². The van der Waals surface area contributed by atoms with Crippen LogP contribution in [-0.2, 0) is 9.53 Å². The van der Waals surface area contributed by atoms with Gasteiger partial charge in [-0.05, 0) is 62.7 Å². The van der Waals surface area contributed by atoms with Crippen molar-refractivity contribution >= 4 is 5.97 Å². The average Bonchev–Trinajstić information content (AvgIpc) is 2.65. The van der Waals surface area contributed by atoms with E-state index in [1.807, 2.05) is 0 Å². The molecule has 2 aliphatic rings. The first kappa shape index (κ1) is 21.6. The van der Waals surface area contributed by atoms with Gasteiger partial charge in [0.1, 0.15) is 6.10 Å². The van der Waals surface area contributed by atoms with E-state index >= 15 is 0 Å². The Hall–Kier alpha value is -0.740. The van der Waals surface area contributed by atoms with Crippen LogP contribution in [0.3, 0.4) is 0 Å². The van der Waals surface area contributed by atoms with E-state index in [1.54, 1.807) is 0 Å². The number of rotatable bonds is 10. The van der Waals surface area contributed by atoms with E-state index in [-0.39, 0.29) is 12.8 Å². The standard InChI is InChI=1S/C21H35F3O2/c22-15-5-3-1-2-4-6-16-7-9-17(10-8-16)18-11-13-19(14-12-18)26-21(25)20(23)24/h16-20H,1-15H2. The Morgan fingerprint density at radius 3 is 1.92 bits per heavy atom.